The number of unbranched alkanes of at least 4 members (excludes halogenated alkanes) is 7. The van der Waals surface area contributed by atoms with Gasteiger partial charge in [0.2, 0.25) is 5.91 Å². The van der Waals surface area contributed by atoms with Gasteiger partial charge in [0.25, 0.3) is 0 Å². The maximum Gasteiger partial charge on any atom is 0.309 e. The van der Waals surface area contributed by atoms with E-state index in [1.54, 1.807) is 0 Å². The van der Waals surface area contributed by atoms with Crippen molar-refractivity contribution in [3.05, 3.63) is 47.5 Å². The topological polar surface area (TPSA) is 66.4 Å². The van der Waals surface area contributed by atoms with Crippen molar-refractivity contribution in [2.24, 2.45) is 11.8 Å². The second-order valence-electron chi connectivity index (χ2n) is 7.99. The number of carbonyl (C=O) groups excluding carboxylic acids is 1. The van der Waals surface area contributed by atoms with Crippen LogP contribution in [0, 0.1) is 18.8 Å². The van der Waals surface area contributed by atoms with Crippen molar-refractivity contribution in [2.45, 2.75) is 77.7 Å². The molecule has 1 aliphatic rings. The molecular weight excluding hydrogens is 350 g/mol. The van der Waals surface area contributed by atoms with Crippen molar-refractivity contribution in [1.82, 2.24) is 5.32 Å². The first-order chi connectivity index (χ1) is 13.5. The van der Waals surface area contributed by atoms with Gasteiger partial charge in [-0.25, -0.2) is 0 Å². The van der Waals surface area contributed by atoms with Crippen molar-refractivity contribution >= 4 is 11.9 Å². The minimum Gasteiger partial charge on any atom is -0.481 e. The molecule has 3 unspecified atom stereocenters. The van der Waals surface area contributed by atoms with Crippen LogP contribution in [-0.2, 0) is 9.59 Å². The number of aryl methyl sites for hydroxylation is 1. The maximum absolute atomic E-state index is 12.4. The normalized spacial score (nSPS) is 21.9. The van der Waals surface area contributed by atoms with Crippen LogP contribution < -0.4 is 5.32 Å². The molecule has 4 nitrogen and oxygen atoms in total. The van der Waals surface area contributed by atoms with E-state index < -0.39 is 23.8 Å². The van der Waals surface area contributed by atoms with E-state index in [0.29, 0.717) is 6.42 Å². The molecule has 0 radical (unpaired) electrons. The standard InChI is InChI=1S/C24H35NO3/c1-3-4-5-6-7-8-9-10-11-12-16-20-21(24(27)28)22(25-23(20)26)19-15-13-14-18(2)17-19/h11-15,17,20-22H,3-10,16H2,1-2H3,(H,25,26)(H,27,28). The van der Waals surface area contributed by atoms with Gasteiger partial charge in [0.1, 0.15) is 0 Å². The zero-order valence-electron chi connectivity index (χ0n) is 17.3. The molecule has 1 saturated heterocycles. The second-order valence-corrected chi connectivity index (χ2v) is 7.99. The summed E-state index contributed by atoms with van der Waals surface area (Å²) in [6.45, 7) is 4.20. The fourth-order valence-electron chi connectivity index (χ4n) is 4.05. The predicted octanol–water partition coefficient (Wildman–Crippen LogP) is 5.57. The zero-order chi connectivity index (χ0) is 20.4. The summed E-state index contributed by atoms with van der Waals surface area (Å²) in [6, 6.07) is 7.28. The highest BCUT2D eigenvalue weighted by atomic mass is 16.4. The molecule has 0 aromatic heterocycles. The van der Waals surface area contributed by atoms with Crippen molar-refractivity contribution in [1.29, 1.82) is 0 Å². The summed E-state index contributed by atoms with van der Waals surface area (Å²) in [5.74, 6) is -2.29. The Morgan fingerprint density at radius 2 is 1.82 bits per heavy atom. The number of rotatable bonds is 12. The van der Waals surface area contributed by atoms with Gasteiger partial charge in [0, 0.05) is 0 Å². The van der Waals surface area contributed by atoms with E-state index in [0.717, 1.165) is 24.0 Å². The molecule has 28 heavy (non-hydrogen) atoms. The van der Waals surface area contributed by atoms with Crippen LogP contribution >= 0.6 is 0 Å². The molecular formula is C24H35NO3. The lowest BCUT2D eigenvalue weighted by Gasteiger charge is -2.18. The molecule has 4 heteroatoms. The van der Waals surface area contributed by atoms with Crippen LogP contribution in [-0.4, -0.2) is 17.0 Å². The van der Waals surface area contributed by atoms with E-state index in [1.807, 2.05) is 37.3 Å². The average Bonchev–Trinajstić information content (AvgIpc) is 3.00. The van der Waals surface area contributed by atoms with Crippen molar-refractivity contribution < 1.29 is 14.7 Å². The quantitative estimate of drug-likeness (QED) is 0.365. The number of nitrogens with one attached hydrogen (secondary N) is 1. The maximum atomic E-state index is 12.4. The Morgan fingerprint density at radius 1 is 1.11 bits per heavy atom. The molecule has 0 bridgehead atoms. The number of allylic oxidation sites excluding steroid dienone is 2. The van der Waals surface area contributed by atoms with E-state index in [2.05, 4.69) is 18.3 Å². The first-order valence-electron chi connectivity index (χ1n) is 10.8. The number of aliphatic carboxylic acids is 1. The van der Waals surface area contributed by atoms with Crippen LogP contribution in [0.5, 0.6) is 0 Å². The molecule has 0 aliphatic carbocycles. The number of hydrogen-bond acceptors (Lipinski definition) is 2. The molecule has 1 fully saturated rings. The Bertz CT molecular complexity index is 668. The van der Waals surface area contributed by atoms with Crippen LogP contribution in [0.25, 0.3) is 0 Å². The Hall–Kier alpha value is -2.10. The molecule has 1 aromatic carbocycles. The van der Waals surface area contributed by atoms with Gasteiger partial charge in [-0.15, -0.1) is 0 Å². The summed E-state index contributed by atoms with van der Waals surface area (Å²) < 4.78 is 0. The van der Waals surface area contributed by atoms with E-state index in [-0.39, 0.29) is 5.91 Å². The summed E-state index contributed by atoms with van der Waals surface area (Å²) in [5.41, 5.74) is 1.93. The lowest BCUT2D eigenvalue weighted by Crippen LogP contribution is -2.26. The fourth-order valence-corrected chi connectivity index (χ4v) is 4.05. The number of carboxylic acid groups (broad SMARTS) is 1. The van der Waals surface area contributed by atoms with Crippen LogP contribution in [0.2, 0.25) is 0 Å². The minimum atomic E-state index is -0.907. The molecule has 1 amide bonds. The fraction of sp³-hybridized carbons (Fsp3) is 0.583. The smallest absolute Gasteiger partial charge is 0.309 e. The van der Waals surface area contributed by atoms with Crippen LogP contribution in [0.1, 0.15) is 81.9 Å². The molecule has 1 aromatic rings. The van der Waals surface area contributed by atoms with Crippen molar-refractivity contribution in [2.75, 3.05) is 0 Å². The molecule has 2 rings (SSSR count). The number of benzene rings is 1. The summed E-state index contributed by atoms with van der Waals surface area (Å²) in [5, 5.41) is 12.7. The van der Waals surface area contributed by atoms with E-state index in [9.17, 15) is 14.7 Å². The zero-order valence-corrected chi connectivity index (χ0v) is 17.3. The van der Waals surface area contributed by atoms with E-state index in [1.165, 1.54) is 38.5 Å². The predicted molar refractivity (Wildman–Crippen MR) is 113 cm³/mol. The molecule has 1 heterocycles. The third-order valence-corrected chi connectivity index (χ3v) is 5.64. The van der Waals surface area contributed by atoms with E-state index >= 15 is 0 Å². The summed E-state index contributed by atoms with van der Waals surface area (Å²) in [7, 11) is 0. The number of carboxylic acids is 1. The van der Waals surface area contributed by atoms with Gasteiger partial charge in [-0.3, -0.25) is 9.59 Å². The third kappa shape index (κ3) is 6.50. The lowest BCUT2D eigenvalue weighted by molar-refractivity contribution is -0.144. The van der Waals surface area contributed by atoms with Crippen LogP contribution in [0.4, 0.5) is 0 Å². The average molecular weight is 386 g/mol. The molecule has 2 N–H and O–H groups in total. The van der Waals surface area contributed by atoms with Gasteiger partial charge in [0.05, 0.1) is 17.9 Å². The van der Waals surface area contributed by atoms with Crippen molar-refractivity contribution in [3.8, 4) is 0 Å². The number of carbonyl (C=O) groups is 2. The molecule has 1 aliphatic heterocycles. The SMILES string of the molecule is CCCCCCCCCC=CCC1C(=O)NC(c2cccc(C)c2)C1C(=O)O. The summed E-state index contributed by atoms with van der Waals surface area (Å²) >= 11 is 0. The van der Waals surface area contributed by atoms with Gasteiger partial charge in [0.15, 0.2) is 0 Å². The second kappa shape index (κ2) is 11.7. The molecule has 0 saturated carbocycles. The third-order valence-electron chi connectivity index (χ3n) is 5.64. The Morgan fingerprint density at radius 3 is 2.50 bits per heavy atom. The molecule has 154 valence electrons. The van der Waals surface area contributed by atoms with Gasteiger partial charge >= 0.3 is 5.97 Å². The highest BCUT2D eigenvalue weighted by Gasteiger charge is 2.46. The van der Waals surface area contributed by atoms with Crippen LogP contribution in [0.15, 0.2) is 36.4 Å². The van der Waals surface area contributed by atoms with Gasteiger partial charge in [-0.2, -0.15) is 0 Å². The van der Waals surface area contributed by atoms with Crippen molar-refractivity contribution in [3.63, 3.8) is 0 Å². The van der Waals surface area contributed by atoms with Gasteiger partial charge in [-0.05, 0) is 31.7 Å². The van der Waals surface area contributed by atoms with E-state index in [4.69, 9.17) is 0 Å². The van der Waals surface area contributed by atoms with Gasteiger partial charge < -0.3 is 10.4 Å². The highest BCUT2D eigenvalue weighted by Crippen LogP contribution is 2.37. The first-order valence-corrected chi connectivity index (χ1v) is 10.8. The Labute approximate surface area is 169 Å². The number of hydrogen-bond donors (Lipinski definition) is 2. The Balaban J connectivity index is 1.83. The Kier molecular flexibility index (Phi) is 9.26. The minimum absolute atomic E-state index is 0.153. The van der Waals surface area contributed by atoms with Gasteiger partial charge in [-0.1, -0.05) is 87.4 Å². The number of amides is 1. The first kappa shape index (κ1) is 22.2. The lowest BCUT2D eigenvalue weighted by atomic mass is 9.84. The van der Waals surface area contributed by atoms with Crippen LogP contribution in [0.3, 0.4) is 0 Å². The highest BCUT2D eigenvalue weighted by molar-refractivity contribution is 5.89. The monoisotopic (exact) mass is 385 g/mol. The largest absolute Gasteiger partial charge is 0.481 e. The molecule has 0 spiro atoms. The summed E-state index contributed by atoms with van der Waals surface area (Å²) in [6.07, 6.45) is 14.5. The summed E-state index contributed by atoms with van der Waals surface area (Å²) in [4.78, 5) is 24.3. The molecule has 3 atom stereocenters.